The molecule has 0 aliphatic carbocycles. The highest BCUT2D eigenvalue weighted by Crippen LogP contribution is 2.18. The third-order valence-electron chi connectivity index (χ3n) is 4.17. The zero-order valence-electron chi connectivity index (χ0n) is 14.4. The Labute approximate surface area is 171 Å². The number of carbonyl (C=O) groups is 1. The van der Waals surface area contributed by atoms with E-state index in [1.54, 1.807) is 17.0 Å². The van der Waals surface area contributed by atoms with Crippen LogP contribution in [0.4, 0.5) is 5.69 Å². The first-order valence-corrected chi connectivity index (χ1v) is 9.52. The van der Waals surface area contributed by atoms with Crippen LogP contribution in [-0.4, -0.2) is 43.3 Å². The number of halogens is 2. The minimum Gasteiger partial charge on any atom is -0.339 e. The van der Waals surface area contributed by atoms with E-state index in [2.05, 4.69) is 9.71 Å². The smallest absolute Gasteiger partial charge is 0.261 e. The number of anilines is 1. The molecule has 0 bridgehead atoms. The molecule has 1 aromatic carbocycles. The third-order valence-corrected chi connectivity index (χ3v) is 5.57. The standard InChI is InChI=1S/C17H20N4O3S.2ClH/c18-14-7-11-21(12-8-14)17(22)13-1-3-16(4-2-13)25(23,24)20-15-5-9-19-10-6-15;;/h1-6,9-10,14H,7-8,11-12,18H2,(H,19,20);2*1H. The van der Waals surface area contributed by atoms with Crippen molar-refractivity contribution in [1.82, 2.24) is 9.88 Å². The topological polar surface area (TPSA) is 105 Å². The van der Waals surface area contributed by atoms with Crippen molar-refractivity contribution in [2.75, 3.05) is 17.8 Å². The monoisotopic (exact) mass is 432 g/mol. The Morgan fingerprint density at radius 3 is 2.15 bits per heavy atom. The van der Waals surface area contributed by atoms with E-state index in [4.69, 9.17) is 5.73 Å². The van der Waals surface area contributed by atoms with Gasteiger partial charge in [-0.05, 0) is 49.2 Å². The largest absolute Gasteiger partial charge is 0.339 e. The molecule has 3 N–H and O–H groups in total. The van der Waals surface area contributed by atoms with Crippen molar-refractivity contribution in [3.05, 3.63) is 54.4 Å². The highest BCUT2D eigenvalue weighted by molar-refractivity contribution is 7.92. The number of nitrogens with two attached hydrogens (primary N) is 1. The molecule has 0 radical (unpaired) electrons. The van der Waals surface area contributed by atoms with Crippen LogP contribution >= 0.6 is 24.8 Å². The predicted octanol–water partition coefficient (Wildman–Crippen LogP) is 2.29. The summed E-state index contributed by atoms with van der Waals surface area (Å²) in [6.45, 7) is 1.26. The van der Waals surface area contributed by atoms with Crippen molar-refractivity contribution in [2.45, 2.75) is 23.8 Å². The molecule has 0 unspecified atom stereocenters. The van der Waals surface area contributed by atoms with Crippen LogP contribution in [0.2, 0.25) is 0 Å². The van der Waals surface area contributed by atoms with Crippen molar-refractivity contribution >= 4 is 46.4 Å². The maximum absolute atomic E-state index is 12.5. The number of likely N-dealkylation sites (tertiary alicyclic amines) is 1. The molecule has 1 aliphatic heterocycles. The number of hydrogen-bond donors (Lipinski definition) is 2. The van der Waals surface area contributed by atoms with Gasteiger partial charge in [-0.15, -0.1) is 24.8 Å². The van der Waals surface area contributed by atoms with E-state index < -0.39 is 10.0 Å². The SMILES string of the molecule is Cl.Cl.NC1CCN(C(=O)c2ccc(S(=O)(=O)Nc3ccncc3)cc2)CC1. The zero-order chi connectivity index (χ0) is 17.9. The van der Waals surface area contributed by atoms with Gasteiger partial charge >= 0.3 is 0 Å². The van der Waals surface area contributed by atoms with Gasteiger partial charge in [0.1, 0.15) is 0 Å². The zero-order valence-corrected chi connectivity index (χ0v) is 16.9. The summed E-state index contributed by atoms with van der Waals surface area (Å²) in [5.74, 6) is -0.0991. The Kier molecular flexibility index (Phi) is 8.49. The van der Waals surface area contributed by atoms with Gasteiger partial charge in [-0.25, -0.2) is 8.42 Å². The van der Waals surface area contributed by atoms with E-state index in [9.17, 15) is 13.2 Å². The molecule has 1 amide bonds. The van der Waals surface area contributed by atoms with Crippen LogP contribution in [0.5, 0.6) is 0 Å². The van der Waals surface area contributed by atoms with Crippen LogP contribution in [0.3, 0.4) is 0 Å². The Morgan fingerprint density at radius 2 is 1.59 bits per heavy atom. The van der Waals surface area contributed by atoms with Crippen LogP contribution in [0.15, 0.2) is 53.7 Å². The molecule has 7 nitrogen and oxygen atoms in total. The lowest BCUT2D eigenvalue weighted by Crippen LogP contribution is -2.42. The molecule has 0 spiro atoms. The van der Waals surface area contributed by atoms with Gasteiger partial charge in [-0.1, -0.05) is 0 Å². The van der Waals surface area contributed by atoms with Crippen molar-refractivity contribution in [2.24, 2.45) is 5.73 Å². The average molecular weight is 433 g/mol. The summed E-state index contributed by atoms with van der Waals surface area (Å²) in [6.07, 6.45) is 4.58. The van der Waals surface area contributed by atoms with Gasteiger partial charge in [-0.3, -0.25) is 14.5 Å². The Hall–Kier alpha value is -1.87. The number of pyridine rings is 1. The van der Waals surface area contributed by atoms with E-state index in [1.807, 2.05) is 0 Å². The van der Waals surface area contributed by atoms with Crippen LogP contribution in [0.25, 0.3) is 0 Å². The van der Waals surface area contributed by atoms with Gasteiger partial charge in [0.25, 0.3) is 15.9 Å². The summed E-state index contributed by atoms with van der Waals surface area (Å²) >= 11 is 0. The minimum atomic E-state index is -3.71. The number of nitrogens with zero attached hydrogens (tertiary/aromatic N) is 2. The fourth-order valence-corrected chi connectivity index (χ4v) is 3.75. The number of aromatic nitrogens is 1. The van der Waals surface area contributed by atoms with Gasteiger partial charge in [0.05, 0.1) is 10.6 Å². The molecule has 148 valence electrons. The molecule has 0 atom stereocenters. The van der Waals surface area contributed by atoms with E-state index >= 15 is 0 Å². The quantitative estimate of drug-likeness (QED) is 0.770. The fourth-order valence-electron chi connectivity index (χ4n) is 2.70. The van der Waals surface area contributed by atoms with E-state index in [0.29, 0.717) is 24.3 Å². The highest BCUT2D eigenvalue weighted by atomic mass is 35.5. The number of piperidine rings is 1. The van der Waals surface area contributed by atoms with Crippen LogP contribution in [-0.2, 0) is 10.0 Å². The molecule has 2 heterocycles. The Morgan fingerprint density at radius 1 is 1.04 bits per heavy atom. The first kappa shape index (κ1) is 23.2. The molecule has 27 heavy (non-hydrogen) atoms. The number of carbonyl (C=O) groups excluding carboxylic acids is 1. The molecular formula is C17H22Cl2N4O3S. The predicted molar refractivity (Wildman–Crippen MR) is 109 cm³/mol. The molecule has 3 rings (SSSR count). The lowest BCUT2D eigenvalue weighted by molar-refractivity contribution is 0.0714. The molecule has 1 aliphatic rings. The summed E-state index contributed by atoms with van der Waals surface area (Å²) in [7, 11) is -3.71. The van der Waals surface area contributed by atoms with E-state index in [-0.39, 0.29) is 41.7 Å². The van der Waals surface area contributed by atoms with Gasteiger partial charge in [0.15, 0.2) is 0 Å². The molecule has 0 saturated carbocycles. The van der Waals surface area contributed by atoms with Gasteiger partial charge in [0, 0.05) is 37.1 Å². The maximum atomic E-state index is 12.5. The fraction of sp³-hybridized carbons (Fsp3) is 0.294. The number of nitrogens with one attached hydrogen (secondary N) is 1. The lowest BCUT2D eigenvalue weighted by atomic mass is 10.1. The maximum Gasteiger partial charge on any atom is 0.261 e. The minimum absolute atomic E-state index is 0. The third kappa shape index (κ3) is 5.80. The van der Waals surface area contributed by atoms with Gasteiger partial charge in [-0.2, -0.15) is 0 Å². The van der Waals surface area contributed by atoms with Crippen LogP contribution < -0.4 is 10.5 Å². The lowest BCUT2D eigenvalue weighted by Gasteiger charge is -2.30. The number of benzene rings is 1. The summed E-state index contributed by atoms with van der Waals surface area (Å²) in [4.78, 5) is 18.2. The first-order chi connectivity index (χ1) is 12.0. The van der Waals surface area contributed by atoms with Crippen LogP contribution in [0, 0.1) is 0 Å². The van der Waals surface area contributed by atoms with Crippen molar-refractivity contribution in [3.8, 4) is 0 Å². The van der Waals surface area contributed by atoms with Crippen molar-refractivity contribution in [1.29, 1.82) is 0 Å². The van der Waals surface area contributed by atoms with Crippen LogP contribution in [0.1, 0.15) is 23.2 Å². The Balaban J connectivity index is 0.00000182. The molecule has 1 saturated heterocycles. The van der Waals surface area contributed by atoms with Crippen molar-refractivity contribution in [3.63, 3.8) is 0 Å². The van der Waals surface area contributed by atoms with Gasteiger partial charge < -0.3 is 10.6 Å². The second-order valence-corrected chi connectivity index (χ2v) is 7.68. The molecule has 1 fully saturated rings. The van der Waals surface area contributed by atoms with E-state index in [1.165, 1.54) is 36.7 Å². The van der Waals surface area contributed by atoms with Crippen molar-refractivity contribution < 1.29 is 13.2 Å². The second-order valence-electron chi connectivity index (χ2n) is 6.00. The number of amides is 1. The molecule has 10 heteroatoms. The summed E-state index contributed by atoms with van der Waals surface area (Å²) in [5.41, 5.74) is 6.75. The first-order valence-electron chi connectivity index (χ1n) is 8.03. The van der Waals surface area contributed by atoms with E-state index in [0.717, 1.165) is 12.8 Å². The number of sulfonamides is 1. The molecule has 2 aromatic rings. The summed E-state index contributed by atoms with van der Waals surface area (Å²) in [5, 5.41) is 0. The highest BCUT2D eigenvalue weighted by Gasteiger charge is 2.22. The van der Waals surface area contributed by atoms with Gasteiger partial charge in [0.2, 0.25) is 0 Å². The molecular weight excluding hydrogens is 411 g/mol. The summed E-state index contributed by atoms with van der Waals surface area (Å²) in [6, 6.07) is 9.23. The Bertz CT molecular complexity index is 840. The summed E-state index contributed by atoms with van der Waals surface area (Å²) < 4.78 is 27.2. The average Bonchev–Trinajstić information content (AvgIpc) is 2.62. The molecule has 1 aromatic heterocycles. The second kappa shape index (κ2) is 9.89. The number of hydrogen-bond acceptors (Lipinski definition) is 5. The number of rotatable bonds is 4. The normalized spacial score (nSPS) is 14.6.